The van der Waals surface area contributed by atoms with Crippen LogP contribution >= 0.6 is 0 Å². The highest BCUT2D eigenvalue weighted by atomic mass is 16.5. The fourth-order valence-corrected chi connectivity index (χ4v) is 3.03. The predicted octanol–water partition coefficient (Wildman–Crippen LogP) is 2.58. The van der Waals surface area contributed by atoms with Gasteiger partial charge in [0.2, 0.25) is 0 Å². The number of benzene rings is 2. The normalized spacial score (nSPS) is 18.2. The highest BCUT2D eigenvalue weighted by Gasteiger charge is 2.29. The summed E-state index contributed by atoms with van der Waals surface area (Å²) in [4.78, 5) is 12.3. The number of ether oxygens (including phenoxy) is 1. The van der Waals surface area contributed by atoms with E-state index in [1.54, 1.807) is 0 Å². The number of urea groups is 1. The van der Waals surface area contributed by atoms with Gasteiger partial charge in [0, 0.05) is 17.5 Å². The van der Waals surface area contributed by atoms with Crippen LogP contribution < -0.4 is 15.4 Å². The van der Waals surface area contributed by atoms with Crippen LogP contribution in [0, 0.1) is 0 Å². The minimum absolute atomic E-state index is 0.0798. The van der Waals surface area contributed by atoms with Crippen molar-refractivity contribution < 1.29 is 14.6 Å². The van der Waals surface area contributed by atoms with Crippen LogP contribution in [0.15, 0.2) is 54.6 Å². The first-order valence-electron chi connectivity index (χ1n) is 8.13. The van der Waals surface area contributed by atoms with Crippen molar-refractivity contribution in [2.75, 3.05) is 13.2 Å². The van der Waals surface area contributed by atoms with Crippen LogP contribution in [-0.4, -0.2) is 30.4 Å². The van der Waals surface area contributed by atoms with Gasteiger partial charge in [0.15, 0.2) is 0 Å². The maximum absolute atomic E-state index is 12.3. The fourth-order valence-electron chi connectivity index (χ4n) is 3.03. The lowest BCUT2D eigenvalue weighted by Gasteiger charge is -2.23. The molecule has 5 nitrogen and oxygen atoms in total. The van der Waals surface area contributed by atoms with Crippen LogP contribution in [-0.2, 0) is 0 Å². The summed E-state index contributed by atoms with van der Waals surface area (Å²) in [5.41, 5.74) is 1.99. The lowest BCUT2D eigenvalue weighted by Crippen LogP contribution is -2.45. The molecule has 0 bridgehead atoms. The predicted molar refractivity (Wildman–Crippen MR) is 92.1 cm³/mol. The van der Waals surface area contributed by atoms with E-state index in [-0.39, 0.29) is 24.6 Å². The summed E-state index contributed by atoms with van der Waals surface area (Å²) in [6, 6.07) is 16.5. The van der Waals surface area contributed by atoms with E-state index in [1.165, 1.54) is 0 Å². The molecule has 2 amide bonds. The molecule has 0 spiro atoms. The van der Waals surface area contributed by atoms with Gasteiger partial charge in [-0.15, -0.1) is 0 Å². The van der Waals surface area contributed by atoms with Gasteiger partial charge >= 0.3 is 6.03 Å². The second-order valence-electron chi connectivity index (χ2n) is 6.01. The van der Waals surface area contributed by atoms with E-state index in [2.05, 4.69) is 10.6 Å². The molecule has 1 aliphatic heterocycles. The topological polar surface area (TPSA) is 70.6 Å². The highest BCUT2D eigenvalue weighted by Crippen LogP contribution is 2.35. The third-order valence-electron chi connectivity index (χ3n) is 4.39. The van der Waals surface area contributed by atoms with E-state index in [1.807, 2.05) is 61.5 Å². The molecule has 2 aromatic carbocycles. The molecule has 0 saturated heterocycles. The Morgan fingerprint density at radius 3 is 2.62 bits per heavy atom. The Morgan fingerprint density at radius 2 is 1.88 bits per heavy atom. The molecule has 3 atom stereocenters. The van der Waals surface area contributed by atoms with Crippen LogP contribution in [0.2, 0.25) is 0 Å². The van der Waals surface area contributed by atoms with Crippen molar-refractivity contribution in [2.24, 2.45) is 0 Å². The molecule has 0 saturated carbocycles. The number of aliphatic hydroxyl groups excluding tert-OH is 1. The van der Waals surface area contributed by atoms with Gasteiger partial charge in [-0.25, -0.2) is 4.79 Å². The zero-order valence-electron chi connectivity index (χ0n) is 13.6. The molecule has 0 aliphatic carbocycles. The first-order chi connectivity index (χ1) is 11.7. The zero-order chi connectivity index (χ0) is 16.9. The molecular formula is C19H22N2O3. The average Bonchev–Trinajstić information content (AvgIpc) is 3.04. The molecule has 0 aromatic heterocycles. The summed E-state index contributed by atoms with van der Waals surface area (Å²) >= 11 is 0. The largest absolute Gasteiger partial charge is 0.493 e. The molecule has 24 heavy (non-hydrogen) atoms. The van der Waals surface area contributed by atoms with E-state index in [0.29, 0.717) is 6.61 Å². The SMILES string of the molecule is CC(NC(=O)N[C@H](CO)c1ccccc1)C1COc2ccccc21. The number of amides is 2. The molecule has 2 aromatic rings. The average molecular weight is 326 g/mol. The summed E-state index contributed by atoms with van der Waals surface area (Å²) in [7, 11) is 0. The van der Waals surface area contributed by atoms with Crippen LogP contribution in [0.4, 0.5) is 4.79 Å². The second kappa shape index (κ2) is 7.36. The van der Waals surface area contributed by atoms with Gasteiger partial charge in [0.25, 0.3) is 0 Å². The van der Waals surface area contributed by atoms with Crippen molar-refractivity contribution in [3.8, 4) is 5.75 Å². The molecule has 1 heterocycles. The Labute approximate surface area is 141 Å². The van der Waals surface area contributed by atoms with E-state index >= 15 is 0 Å². The van der Waals surface area contributed by atoms with Crippen molar-refractivity contribution in [1.82, 2.24) is 10.6 Å². The maximum Gasteiger partial charge on any atom is 0.315 e. The standard InChI is InChI=1S/C19H22N2O3/c1-13(16-12-24-18-10-6-5-9-15(16)18)20-19(23)21-17(11-22)14-7-3-2-4-8-14/h2-10,13,16-17,22H,11-12H2,1H3,(H2,20,21,23)/t13?,16?,17-/m1/s1. The number of aliphatic hydroxyl groups is 1. The number of para-hydroxylation sites is 1. The molecule has 0 radical (unpaired) electrons. The van der Waals surface area contributed by atoms with Gasteiger partial charge in [-0.1, -0.05) is 48.5 Å². The van der Waals surface area contributed by atoms with Crippen LogP contribution in [0.5, 0.6) is 5.75 Å². The molecular weight excluding hydrogens is 304 g/mol. The Balaban J connectivity index is 1.61. The number of hydrogen-bond donors (Lipinski definition) is 3. The quantitative estimate of drug-likeness (QED) is 0.791. The van der Waals surface area contributed by atoms with E-state index in [4.69, 9.17) is 4.74 Å². The lowest BCUT2D eigenvalue weighted by molar-refractivity contribution is 0.211. The first kappa shape index (κ1) is 16.3. The van der Waals surface area contributed by atoms with Gasteiger partial charge in [-0.2, -0.15) is 0 Å². The number of nitrogens with one attached hydrogen (secondary N) is 2. The minimum Gasteiger partial charge on any atom is -0.493 e. The zero-order valence-corrected chi connectivity index (χ0v) is 13.6. The van der Waals surface area contributed by atoms with Crippen LogP contribution in [0.25, 0.3) is 0 Å². The molecule has 3 N–H and O–H groups in total. The monoisotopic (exact) mass is 326 g/mol. The molecule has 0 fully saturated rings. The molecule has 1 aliphatic rings. The highest BCUT2D eigenvalue weighted by molar-refractivity contribution is 5.75. The first-order valence-corrected chi connectivity index (χ1v) is 8.13. The second-order valence-corrected chi connectivity index (χ2v) is 6.01. The minimum atomic E-state index is -0.425. The van der Waals surface area contributed by atoms with Gasteiger partial charge in [-0.05, 0) is 18.6 Å². The Kier molecular flexibility index (Phi) is 5.01. The third kappa shape index (κ3) is 3.51. The Bertz CT molecular complexity index is 690. The smallest absolute Gasteiger partial charge is 0.315 e. The summed E-state index contributed by atoms with van der Waals surface area (Å²) in [6.45, 7) is 2.37. The van der Waals surface area contributed by atoms with Gasteiger partial charge < -0.3 is 20.5 Å². The fraction of sp³-hybridized carbons (Fsp3) is 0.316. The lowest BCUT2D eigenvalue weighted by atomic mass is 9.94. The molecule has 126 valence electrons. The van der Waals surface area contributed by atoms with Crippen molar-refractivity contribution in [3.63, 3.8) is 0 Å². The summed E-state index contributed by atoms with van der Waals surface area (Å²) in [6.07, 6.45) is 0. The molecule has 5 heteroatoms. The number of hydrogen-bond acceptors (Lipinski definition) is 3. The maximum atomic E-state index is 12.3. The van der Waals surface area contributed by atoms with Gasteiger partial charge in [0.05, 0.1) is 19.3 Å². The Morgan fingerprint density at radius 1 is 1.17 bits per heavy atom. The van der Waals surface area contributed by atoms with Gasteiger partial charge in [-0.3, -0.25) is 0 Å². The van der Waals surface area contributed by atoms with E-state index in [0.717, 1.165) is 16.9 Å². The summed E-state index contributed by atoms with van der Waals surface area (Å²) < 4.78 is 5.67. The summed E-state index contributed by atoms with van der Waals surface area (Å²) in [5.74, 6) is 1.00. The number of carbonyl (C=O) groups excluding carboxylic acids is 1. The summed E-state index contributed by atoms with van der Waals surface area (Å²) in [5, 5.41) is 15.3. The van der Waals surface area contributed by atoms with Crippen LogP contribution in [0.3, 0.4) is 0 Å². The van der Waals surface area contributed by atoms with E-state index < -0.39 is 6.04 Å². The van der Waals surface area contributed by atoms with Crippen LogP contribution in [0.1, 0.15) is 30.0 Å². The molecule has 2 unspecified atom stereocenters. The van der Waals surface area contributed by atoms with E-state index in [9.17, 15) is 9.90 Å². The van der Waals surface area contributed by atoms with Gasteiger partial charge in [0.1, 0.15) is 5.75 Å². The van der Waals surface area contributed by atoms with Crippen molar-refractivity contribution in [1.29, 1.82) is 0 Å². The molecule has 3 rings (SSSR count). The van der Waals surface area contributed by atoms with Crippen molar-refractivity contribution in [3.05, 3.63) is 65.7 Å². The number of carbonyl (C=O) groups is 1. The van der Waals surface area contributed by atoms with Crippen molar-refractivity contribution in [2.45, 2.75) is 24.9 Å². The number of fused-ring (bicyclic) bond motifs is 1. The van der Waals surface area contributed by atoms with Crippen molar-refractivity contribution >= 4 is 6.03 Å². The Hall–Kier alpha value is -2.53. The third-order valence-corrected chi connectivity index (χ3v) is 4.39. The number of rotatable bonds is 5.